The summed E-state index contributed by atoms with van der Waals surface area (Å²) in [6.45, 7) is 2.24. The first kappa shape index (κ1) is 28.8. The van der Waals surface area contributed by atoms with Gasteiger partial charge < -0.3 is 0 Å². The molecule has 230 valence electrons. The largest absolute Gasteiger partial charge is 0.228 e. The molecule has 0 radical (unpaired) electrons. The van der Waals surface area contributed by atoms with Crippen molar-refractivity contribution in [2.24, 2.45) is 0 Å². The summed E-state index contributed by atoms with van der Waals surface area (Å²) in [6, 6.07) is 62.4. The number of aromatic nitrogens is 2. The Labute approximate surface area is 286 Å². The normalized spacial score (nSPS) is 11.4. The summed E-state index contributed by atoms with van der Waals surface area (Å²) in [4.78, 5) is 10.7. The number of hydrogen-bond acceptors (Lipinski definition) is 2. The summed E-state index contributed by atoms with van der Waals surface area (Å²) in [7, 11) is 0. The average molecular weight is 625 g/mol. The number of rotatable bonds is 5. The van der Waals surface area contributed by atoms with E-state index in [1.807, 2.05) is 12.1 Å². The molecule has 0 spiro atoms. The average Bonchev–Trinajstić information content (AvgIpc) is 3.18. The van der Waals surface area contributed by atoms with Gasteiger partial charge in [0.2, 0.25) is 0 Å². The first-order chi connectivity index (χ1) is 24.2. The quantitative estimate of drug-likeness (QED) is 0.178. The van der Waals surface area contributed by atoms with Gasteiger partial charge in [-0.15, -0.1) is 0 Å². The zero-order chi connectivity index (χ0) is 32.7. The smallest absolute Gasteiger partial charge is 0.161 e. The van der Waals surface area contributed by atoms with Gasteiger partial charge in [0.05, 0.1) is 11.4 Å². The predicted octanol–water partition coefficient (Wildman–Crippen LogP) is 12.6. The molecule has 0 fully saturated rings. The fraction of sp³-hybridized carbons (Fsp3) is 0.0213. The van der Waals surface area contributed by atoms with Crippen molar-refractivity contribution in [1.29, 1.82) is 0 Å². The molecular weight excluding hydrogens is 593 g/mol. The van der Waals surface area contributed by atoms with E-state index in [4.69, 9.17) is 9.97 Å². The first-order valence-electron chi connectivity index (χ1n) is 16.8. The van der Waals surface area contributed by atoms with Crippen LogP contribution in [0.2, 0.25) is 0 Å². The summed E-state index contributed by atoms with van der Waals surface area (Å²) in [6.07, 6.45) is 0. The van der Waals surface area contributed by atoms with Crippen LogP contribution in [0.25, 0.3) is 88.5 Å². The Hall–Kier alpha value is -6.38. The topological polar surface area (TPSA) is 25.8 Å². The van der Waals surface area contributed by atoms with E-state index in [-0.39, 0.29) is 0 Å². The van der Waals surface area contributed by atoms with E-state index in [9.17, 15) is 0 Å². The van der Waals surface area contributed by atoms with Crippen molar-refractivity contribution in [2.75, 3.05) is 0 Å². The predicted molar refractivity (Wildman–Crippen MR) is 206 cm³/mol. The minimum absolute atomic E-state index is 0.703. The molecule has 0 aliphatic rings. The highest BCUT2D eigenvalue weighted by Crippen LogP contribution is 2.47. The molecule has 0 bridgehead atoms. The lowest BCUT2D eigenvalue weighted by atomic mass is 9.82. The number of benzene rings is 8. The highest BCUT2D eigenvalue weighted by atomic mass is 14.9. The van der Waals surface area contributed by atoms with Crippen LogP contribution in [0.1, 0.15) is 5.56 Å². The van der Waals surface area contributed by atoms with Crippen LogP contribution in [-0.4, -0.2) is 9.97 Å². The first-order valence-corrected chi connectivity index (χ1v) is 16.8. The highest BCUT2D eigenvalue weighted by molar-refractivity contribution is 6.29. The van der Waals surface area contributed by atoms with Gasteiger partial charge in [-0.1, -0.05) is 170 Å². The standard InChI is InChI=1S/C47H32N2/c1-31-28-29-40-38-24-12-11-22-36(38)37-23-13-14-25-39(37)46(40)44(31)45-35(32-16-5-2-6-17-32)26-15-27-41(45)47-48-42(33-18-7-3-8-19-33)30-43(49-47)34-20-9-4-10-21-34/h2-30H,1H3. The lowest BCUT2D eigenvalue weighted by Gasteiger charge is -2.21. The van der Waals surface area contributed by atoms with Crippen LogP contribution < -0.4 is 0 Å². The molecule has 0 amide bonds. The van der Waals surface area contributed by atoms with Gasteiger partial charge in [-0.2, -0.15) is 0 Å². The third kappa shape index (κ3) is 4.97. The monoisotopic (exact) mass is 624 g/mol. The molecule has 1 aromatic heterocycles. The third-order valence-electron chi connectivity index (χ3n) is 9.62. The zero-order valence-electron chi connectivity index (χ0n) is 27.1. The molecule has 2 heteroatoms. The highest BCUT2D eigenvalue weighted by Gasteiger charge is 2.23. The summed E-state index contributed by atoms with van der Waals surface area (Å²) < 4.78 is 0. The van der Waals surface area contributed by atoms with Crippen molar-refractivity contribution in [3.8, 4) is 56.2 Å². The Bertz CT molecular complexity index is 2550. The maximum atomic E-state index is 5.33. The fourth-order valence-corrected chi connectivity index (χ4v) is 7.37. The molecule has 49 heavy (non-hydrogen) atoms. The lowest BCUT2D eigenvalue weighted by Crippen LogP contribution is -2.00. The summed E-state index contributed by atoms with van der Waals surface area (Å²) in [5.74, 6) is 0.703. The van der Waals surface area contributed by atoms with Crippen molar-refractivity contribution >= 4 is 32.3 Å². The zero-order valence-corrected chi connectivity index (χ0v) is 27.1. The summed E-state index contributed by atoms with van der Waals surface area (Å²) >= 11 is 0. The van der Waals surface area contributed by atoms with Crippen molar-refractivity contribution < 1.29 is 0 Å². The molecule has 0 N–H and O–H groups in total. The van der Waals surface area contributed by atoms with Crippen LogP contribution >= 0.6 is 0 Å². The Morgan fingerprint density at radius 1 is 0.347 bits per heavy atom. The number of fused-ring (bicyclic) bond motifs is 6. The van der Waals surface area contributed by atoms with Crippen molar-refractivity contribution in [3.63, 3.8) is 0 Å². The van der Waals surface area contributed by atoms with Crippen molar-refractivity contribution in [1.82, 2.24) is 9.97 Å². The van der Waals surface area contributed by atoms with E-state index in [0.29, 0.717) is 5.82 Å². The molecule has 1 heterocycles. The fourth-order valence-electron chi connectivity index (χ4n) is 7.37. The molecular formula is C47H32N2. The van der Waals surface area contributed by atoms with E-state index in [1.165, 1.54) is 43.4 Å². The lowest BCUT2D eigenvalue weighted by molar-refractivity contribution is 1.18. The molecule has 0 saturated carbocycles. The Balaban J connectivity index is 1.44. The van der Waals surface area contributed by atoms with Gasteiger partial charge in [0.25, 0.3) is 0 Å². The SMILES string of the molecule is Cc1ccc2c3ccccc3c3ccccc3c2c1-c1c(-c2ccccc2)cccc1-c1nc(-c2ccccc2)cc(-c2ccccc2)n1. The van der Waals surface area contributed by atoms with Gasteiger partial charge in [0.15, 0.2) is 5.82 Å². The van der Waals surface area contributed by atoms with Gasteiger partial charge in [0, 0.05) is 22.3 Å². The van der Waals surface area contributed by atoms with Crippen LogP contribution in [0.3, 0.4) is 0 Å². The second-order valence-electron chi connectivity index (χ2n) is 12.6. The van der Waals surface area contributed by atoms with Crippen LogP contribution in [0, 0.1) is 6.92 Å². The second kappa shape index (κ2) is 12.0. The minimum Gasteiger partial charge on any atom is -0.228 e. The molecule has 9 rings (SSSR count). The van der Waals surface area contributed by atoms with E-state index in [0.717, 1.165) is 44.8 Å². The van der Waals surface area contributed by atoms with Crippen LogP contribution in [0.5, 0.6) is 0 Å². The van der Waals surface area contributed by atoms with Gasteiger partial charge in [-0.3, -0.25) is 0 Å². The molecule has 0 aliphatic carbocycles. The molecule has 0 atom stereocenters. The summed E-state index contributed by atoms with van der Waals surface area (Å²) in [5.41, 5.74) is 10.8. The molecule has 8 aromatic carbocycles. The maximum Gasteiger partial charge on any atom is 0.161 e. The Morgan fingerprint density at radius 3 is 1.37 bits per heavy atom. The Kier molecular flexibility index (Phi) is 7.06. The second-order valence-corrected chi connectivity index (χ2v) is 12.6. The molecule has 0 unspecified atom stereocenters. The van der Waals surface area contributed by atoms with Gasteiger partial charge in [-0.05, 0) is 67.6 Å². The molecule has 0 aliphatic heterocycles. The van der Waals surface area contributed by atoms with Gasteiger partial charge in [-0.25, -0.2) is 9.97 Å². The van der Waals surface area contributed by atoms with Crippen LogP contribution in [0.4, 0.5) is 0 Å². The number of nitrogens with zero attached hydrogens (tertiary/aromatic N) is 2. The molecule has 2 nitrogen and oxygen atoms in total. The third-order valence-corrected chi connectivity index (χ3v) is 9.62. The molecule has 9 aromatic rings. The van der Waals surface area contributed by atoms with E-state index in [2.05, 4.69) is 171 Å². The minimum atomic E-state index is 0.703. The van der Waals surface area contributed by atoms with E-state index >= 15 is 0 Å². The van der Waals surface area contributed by atoms with Gasteiger partial charge in [0.1, 0.15) is 0 Å². The molecule has 0 saturated heterocycles. The van der Waals surface area contributed by atoms with Crippen molar-refractivity contribution in [3.05, 3.63) is 181 Å². The number of hydrogen-bond donors (Lipinski definition) is 0. The van der Waals surface area contributed by atoms with E-state index < -0.39 is 0 Å². The van der Waals surface area contributed by atoms with Crippen LogP contribution in [0.15, 0.2) is 176 Å². The van der Waals surface area contributed by atoms with E-state index in [1.54, 1.807) is 0 Å². The van der Waals surface area contributed by atoms with Crippen molar-refractivity contribution in [2.45, 2.75) is 6.92 Å². The summed E-state index contributed by atoms with van der Waals surface area (Å²) in [5, 5.41) is 7.51. The Morgan fingerprint density at radius 2 is 0.796 bits per heavy atom. The maximum absolute atomic E-state index is 5.33. The van der Waals surface area contributed by atoms with Crippen LogP contribution in [-0.2, 0) is 0 Å². The number of aryl methyl sites for hydroxylation is 1. The van der Waals surface area contributed by atoms with Gasteiger partial charge >= 0.3 is 0 Å².